The highest BCUT2D eigenvalue weighted by atomic mass is 79.9. The van der Waals surface area contributed by atoms with Gasteiger partial charge in [-0.15, -0.1) is 0 Å². The van der Waals surface area contributed by atoms with Gasteiger partial charge in [0.25, 0.3) is 0 Å². The zero-order valence-electron chi connectivity index (χ0n) is 11.4. The first-order valence-electron chi connectivity index (χ1n) is 6.18. The number of allylic oxidation sites excluding steroid dienone is 1. The molecule has 0 unspecified atom stereocenters. The van der Waals surface area contributed by atoms with E-state index >= 15 is 0 Å². The molecule has 1 heterocycles. The quantitative estimate of drug-likeness (QED) is 0.568. The van der Waals surface area contributed by atoms with Crippen LogP contribution in [0, 0.1) is 0 Å². The fraction of sp³-hybridized carbons (Fsp3) is 0.615. The maximum atomic E-state index is 11.9. The highest BCUT2D eigenvalue weighted by molar-refractivity contribution is 9.10. The molecule has 0 saturated carbocycles. The molecular weight excluding hydrogens is 330 g/mol. The molecule has 0 saturated heterocycles. The lowest BCUT2D eigenvalue weighted by atomic mass is 9.83. The molecule has 6 nitrogen and oxygen atoms in total. The van der Waals surface area contributed by atoms with Crippen LogP contribution in [0.5, 0.6) is 0 Å². The van der Waals surface area contributed by atoms with E-state index in [0.29, 0.717) is 0 Å². The number of ether oxygens (including phenoxy) is 1. The van der Waals surface area contributed by atoms with Crippen LogP contribution in [0.4, 0.5) is 0 Å². The van der Waals surface area contributed by atoms with E-state index in [1.54, 1.807) is 20.8 Å². The predicted octanol–water partition coefficient (Wildman–Crippen LogP) is 1.11. The number of alkyl halides is 1. The van der Waals surface area contributed by atoms with Gasteiger partial charge in [0.2, 0.25) is 0 Å². The first-order chi connectivity index (χ1) is 9.15. The fourth-order valence-corrected chi connectivity index (χ4v) is 2.58. The minimum atomic E-state index is -1.19. The summed E-state index contributed by atoms with van der Waals surface area (Å²) in [7, 11) is 0. The van der Waals surface area contributed by atoms with E-state index in [1.807, 2.05) is 0 Å². The van der Waals surface area contributed by atoms with E-state index in [4.69, 9.17) is 9.57 Å². The van der Waals surface area contributed by atoms with Crippen molar-refractivity contribution in [3.63, 3.8) is 0 Å². The number of hydrogen-bond donors (Lipinski definition) is 1. The number of ketones is 1. The van der Waals surface area contributed by atoms with Gasteiger partial charge in [0.05, 0.1) is 0 Å². The second-order valence-corrected chi connectivity index (χ2v) is 6.83. The van der Waals surface area contributed by atoms with Gasteiger partial charge in [0.15, 0.2) is 17.1 Å². The molecule has 0 aromatic carbocycles. The number of aliphatic hydroxyl groups is 1. The molecule has 0 radical (unpaired) electrons. The van der Waals surface area contributed by atoms with Gasteiger partial charge in [0.1, 0.15) is 16.5 Å². The second kappa shape index (κ2) is 4.96. The Balaban J connectivity index is 2.13. The molecule has 0 amide bonds. The van der Waals surface area contributed by atoms with E-state index < -0.39 is 28.1 Å². The molecule has 1 N–H and O–H groups in total. The number of carbonyl (C=O) groups excluding carboxylic acids is 2. The van der Waals surface area contributed by atoms with Crippen molar-refractivity contribution in [2.45, 2.75) is 49.3 Å². The lowest BCUT2D eigenvalue weighted by Gasteiger charge is -2.33. The zero-order valence-corrected chi connectivity index (χ0v) is 13.0. The Kier molecular flexibility index (Phi) is 3.77. The Morgan fingerprint density at radius 2 is 2.25 bits per heavy atom. The predicted molar refractivity (Wildman–Crippen MR) is 74.6 cm³/mol. The molecule has 0 aromatic rings. The number of nitrogens with zero attached hydrogens (tertiary/aromatic N) is 1. The van der Waals surface area contributed by atoms with E-state index in [-0.39, 0.29) is 17.9 Å². The molecule has 0 fully saturated rings. The summed E-state index contributed by atoms with van der Waals surface area (Å²) in [6.07, 6.45) is 1.71. The summed E-state index contributed by atoms with van der Waals surface area (Å²) in [6.45, 7) is 5.25. The lowest BCUT2D eigenvalue weighted by molar-refractivity contribution is -0.146. The van der Waals surface area contributed by atoms with Gasteiger partial charge >= 0.3 is 5.97 Å². The highest BCUT2D eigenvalue weighted by Gasteiger charge is 2.52. The topological polar surface area (TPSA) is 85.2 Å². The summed E-state index contributed by atoms with van der Waals surface area (Å²) in [5.74, 6) is -0.838. The average Bonchev–Trinajstić information content (AvgIpc) is 2.76. The standard InChI is InChI=1S/C13H16BrNO5/c1-12(2,3)19-11(18)7-6-13(20-15-7)5-4-8(16)9(14)10(13)17/h4-5,9-10,17H,6H2,1-3H3/t9-,10+,13-/m1/s1. The molecule has 2 aliphatic rings. The minimum Gasteiger partial charge on any atom is -0.455 e. The van der Waals surface area contributed by atoms with Gasteiger partial charge in [-0.1, -0.05) is 21.1 Å². The summed E-state index contributed by atoms with van der Waals surface area (Å²) in [5.41, 5.74) is -1.73. The number of hydrogen-bond acceptors (Lipinski definition) is 6. The molecule has 0 bridgehead atoms. The first kappa shape index (κ1) is 15.2. The molecule has 2 rings (SSSR count). The van der Waals surface area contributed by atoms with Crippen LogP contribution in [0.1, 0.15) is 27.2 Å². The number of esters is 1. The van der Waals surface area contributed by atoms with Crippen LogP contribution in [0.15, 0.2) is 17.3 Å². The molecule has 20 heavy (non-hydrogen) atoms. The van der Waals surface area contributed by atoms with Crippen molar-refractivity contribution in [2.75, 3.05) is 0 Å². The van der Waals surface area contributed by atoms with Crippen molar-refractivity contribution in [1.29, 1.82) is 0 Å². The lowest BCUT2D eigenvalue weighted by Crippen LogP contribution is -2.51. The van der Waals surface area contributed by atoms with Crippen molar-refractivity contribution in [1.82, 2.24) is 0 Å². The Morgan fingerprint density at radius 3 is 2.85 bits per heavy atom. The number of rotatable bonds is 1. The Labute approximate surface area is 124 Å². The van der Waals surface area contributed by atoms with E-state index in [9.17, 15) is 14.7 Å². The van der Waals surface area contributed by atoms with Gasteiger partial charge in [0, 0.05) is 6.42 Å². The van der Waals surface area contributed by atoms with Crippen molar-refractivity contribution < 1.29 is 24.3 Å². The van der Waals surface area contributed by atoms with Crippen LogP contribution >= 0.6 is 15.9 Å². The maximum Gasteiger partial charge on any atom is 0.356 e. The molecule has 1 spiro atoms. The minimum absolute atomic E-state index is 0.0644. The largest absolute Gasteiger partial charge is 0.455 e. The van der Waals surface area contributed by atoms with Crippen molar-refractivity contribution in [2.24, 2.45) is 5.16 Å². The molecule has 0 aromatic heterocycles. The smallest absolute Gasteiger partial charge is 0.356 e. The van der Waals surface area contributed by atoms with E-state index in [1.165, 1.54) is 12.2 Å². The summed E-state index contributed by atoms with van der Waals surface area (Å²) >= 11 is 3.11. The Bertz CT molecular complexity index is 507. The van der Waals surface area contributed by atoms with E-state index in [2.05, 4.69) is 21.1 Å². The average molecular weight is 346 g/mol. The summed E-state index contributed by atoms with van der Waals surface area (Å²) in [5, 5.41) is 13.9. The third-order valence-corrected chi connectivity index (χ3v) is 3.94. The molecule has 3 atom stereocenters. The van der Waals surface area contributed by atoms with Crippen molar-refractivity contribution >= 4 is 33.4 Å². The van der Waals surface area contributed by atoms with E-state index in [0.717, 1.165) is 0 Å². The molecule has 1 aliphatic carbocycles. The third-order valence-electron chi connectivity index (χ3n) is 2.98. The fourth-order valence-electron chi connectivity index (χ4n) is 1.98. The number of aliphatic hydroxyl groups excluding tert-OH is 1. The summed E-state index contributed by atoms with van der Waals surface area (Å²) in [6, 6.07) is 0. The molecule has 1 aliphatic heterocycles. The van der Waals surface area contributed by atoms with Gasteiger partial charge in [-0.2, -0.15) is 0 Å². The van der Waals surface area contributed by atoms with Gasteiger partial charge in [-0.05, 0) is 32.9 Å². The van der Waals surface area contributed by atoms with Crippen LogP contribution in [-0.4, -0.2) is 44.7 Å². The molecular formula is C13H16BrNO5. The number of halogens is 1. The molecule has 110 valence electrons. The first-order valence-corrected chi connectivity index (χ1v) is 7.10. The van der Waals surface area contributed by atoms with Crippen LogP contribution in [0.25, 0.3) is 0 Å². The second-order valence-electron chi connectivity index (χ2n) is 5.85. The van der Waals surface area contributed by atoms with Crippen LogP contribution in [0.3, 0.4) is 0 Å². The van der Waals surface area contributed by atoms with Crippen molar-refractivity contribution in [3.8, 4) is 0 Å². The van der Waals surface area contributed by atoms with Crippen molar-refractivity contribution in [3.05, 3.63) is 12.2 Å². The normalized spacial score (nSPS) is 33.0. The monoisotopic (exact) mass is 345 g/mol. The van der Waals surface area contributed by atoms with Gasteiger partial charge in [-0.3, -0.25) is 4.79 Å². The van der Waals surface area contributed by atoms with Crippen LogP contribution in [0.2, 0.25) is 0 Å². The SMILES string of the molecule is CC(C)(C)OC(=O)C1=NO[C@]2(C=CC(=O)[C@@H](Br)[C@@H]2O)C1. The zero-order chi connectivity index (χ0) is 15.1. The van der Waals surface area contributed by atoms with Gasteiger partial charge in [-0.25, -0.2) is 4.79 Å². The maximum absolute atomic E-state index is 11.9. The third kappa shape index (κ3) is 2.78. The molecule has 7 heteroatoms. The summed E-state index contributed by atoms with van der Waals surface area (Å²) < 4.78 is 5.20. The summed E-state index contributed by atoms with van der Waals surface area (Å²) in [4.78, 5) is 27.8. The number of oxime groups is 1. The Hall–Kier alpha value is -1.21. The van der Waals surface area contributed by atoms with Gasteiger partial charge < -0.3 is 14.7 Å². The Morgan fingerprint density at radius 1 is 1.60 bits per heavy atom. The van der Waals surface area contributed by atoms with Crippen LogP contribution in [-0.2, 0) is 19.2 Å². The highest BCUT2D eigenvalue weighted by Crippen LogP contribution is 2.36. The van der Waals surface area contributed by atoms with Crippen LogP contribution < -0.4 is 0 Å². The number of carbonyl (C=O) groups is 2.